The normalized spacial score (nSPS) is 16.7. The fraction of sp³-hybridized carbons (Fsp3) is 0.368. The Labute approximate surface area is 155 Å². The van der Waals surface area contributed by atoms with Gasteiger partial charge in [-0.1, -0.05) is 36.8 Å². The Morgan fingerprint density at radius 2 is 1.58 bits per heavy atom. The van der Waals surface area contributed by atoms with Gasteiger partial charge in [-0.3, -0.25) is 0 Å². The van der Waals surface area contributed by atoms with Crippen molar-refractivity contribution in [3.05, 3.63) is 54.1 Å². The summed E-state index contributed by atoms with van der Waals surface area (Å²) in [6, 6.07) is 14.2. The molecular formula is C19H23NO4S2. The molecule has 0 radical (unpaired) electrons. The smallest absolute Gasteiger partial charge is 0.177 e. The van der Waals surface area contributed by atoms with Gasteiger partial charge < -0.3 is 5.32 Å². The molecule has 0 saturated heterocycles. The minimum absolute atomic E-state index is 0.00313. The fourth-order valence-electron chi connectivity index (χ4n) is 3.23. The molecule has 2 aromatic rings. The maximum atomic E-state index is 12.3. The molecule has 0 bridgehead atoms. The van der Waals surface area contributed by atoms with E-state index in [9.17, 15) is 16.8 Å². The average Bonchev–Trinajstić information content (AvgIpc) is 2.51. The van der Waals surface area contributed by atoms with E-state index in [0.717, 1.165) is 30.9 Å². The Hall–Kier alpha value is -1.86. The summed E-state index contributed by atoms with van der Waals surface area (Å²) in [6.07, 6.45) is 5.51. The first-order valence-corrected chi connectivity index (χ1v) is 12.3. The Morgan fingerprint density at radius 1 is 0.923 bits per heavy atom. The average molecular weight is 394 g/mol. The van der Waals surface area contributed by atoms with E-state index >= 15 is 0 Å². The SMILES string of the molecule is CS(=O)(=O)c1ccc(NC(c2ccccc2)C2CCC2)c(S(C)(=O)=O)c1. The van der Waals surface area contributed by atoms with Crippen molar-refractivity contribution in [1.29, 1.82) is 0 Å². The highest BCUT2D eigenvalue weighted by Crippen LogP contribution is 2.40. The lowest BCUT2D eigenvalue weighted by molar-refractivity contribution is 0.277. The minimum atomic E-state index is -3.59. The highest BCUT2D eigenvalue weighted by atomic mass is 32.2. The third-order valence-electron chi connectivity index (χ3n) is 4.87. The predicted octanol–water partition coefficient (Wildman–Crippen LogP) is 3.45. The number of anilines is 1. The van der Waals surface area contributed by atoms with Crippen LogP contribution in [-0.2, 0) is 19.7 Å². The van der Waals surface area contributed by atoms with Crippen LogP contribution in [0.5, 0.6) is 0 Å². The number of nitrogens with one attached hydrogen (secondary N) is 1. The molecule has 1 atom stereocenters. The molecule has 0 spiro atoms. The van der Waals surface area contributed by atoms with Crippen molar-refractivity contribution in [3.8, 4) is 0 Å². The second-order valence-corrected chi connectivity index (χ2v) is 10.9. The van der Waals surface area contributed by atoms with Crippen LogP contribution in [0.3, 0.4) is 0 Å². The molecule has 3 rings (SSSR count). The van der Waals surface area contributed by atoms with Crippen LogP contribution in [0, 0.1) is 5.92 Å². The van der Waals surface area contributed by atoms with E-state index in [4.69, 9.17) is 0 Å². The van der Waals surface area contributed by atoms with Gasteiger partial charge in [0.2, 0.25) is 0 Å². The number of benzene rings is 2. The molecule has 0 aliphatic heterocycles. The monoisotopic (exact) mass is 393 g/mol. The van der Waals surface area contributed by atoms with Crippen molar-refractivity contribution in [3.63, 3.8) is 0 Å². The van der Waals surface area contributed by atoms with E-state index < -0.39 is 19.7 Å². The van der Waals surface area contributed by atoms with Gasteiger partial charge in [0.25, 0.3) is 0 Å². The van der Waals surface area contributed by atoms with Gasteiger partial charge in [0.05, 0.1) is 21.5 Å². The molecule has 1 N–H and O–H groups in total. The third kappa shape index (κ3) is 4.10. The van der Waals surface area contributed by atoms with Gasteiger partial charge in [-0.25, -0.2) is 16.8 Å². The van der Waals surface area contributed by atoms with E-state index in [2.05, 4.69) is 5.32 Å². The van der Waals surface area contributed by atoms with Gasteiger partial charge in [-0.2, -0.15) is 0 Å². The minimum Gasteiger partial charge on any atom is -0.377 e. The Kier molecular flexibility index (Phi) is 5.12. The molecule has 1 aliphatic carbocycles. The number of sulfone groups is 2. The summed E-state index contributed by atoms with van der Waals surface area (Å²) in [5.74, 6) is 0.430. The van der Waals surface area contributed by atoms with Crippen LogP contribution in [-0.4, -0.2) is 29.3 Å². The summed E-state index contributed by atoms with van der Waals surface area (Å²) in [5.41, 5.74) is 1.55. The molecule has 1 unspecified atom stereocenters. The van der Waals surface area contributed by atoms with Crippen molar-refractivity contribution in [2.45, 2.75) is 35.1 Å². The van der Waals surface area contributed by atoms with E-state index in [1.165, 1.54) is 18.6 Å². The van der Waals surface area contributed by atoms with Gasteiger partial charge in [0.1, 0.15) is 0 Å². The summed E-state index contributed by atoms with van der Waals surface area (Å²) >= 11 is 0. The molecule has 0 heterocycles. The molecule has 5 nitrogen and oxygen atoms in total. The zero-order valence-electron chi connectivity index (χ0n) is 14.8. The first-order chi connectivity index (χ1) is 12.2. The molecule has 0 amide bonds. The molecule has 140 valence electrons. The maximum Gasteiger partial charge on any atom is 0.177 e. The zero-order chi connectivity index (χ0) is 18.9. The summed E-state index contributed by atoms with van der Waals surface area (Å²) in [6.45, 7) is 0. The van der Waals surface area contributed by atoms with Crippen molar-refractivity contribution in [1.82, 2.24) is 0 Å². The highest BCUT2D eigenvalue weighted by Gasteiger charge is 2.30. The van der Waals surface area contributed by atoms with Crippen molar-refractivity contribution >= 4 is 25.4 Å². The van der Waals surface area contributed by atoms with Crippen LogP contribution < -0.4 is 5.32 Å². The number of hydrogen-bond acceptors (Lipinski definition) is 5. The van der Waals surface area contributed by atoms with Crippen molar-refractivity contribution < 1.29 is 16.8 Å². The zero-order valence-corrected chi connectivity index (χ0v) is 16.5. The van der Waals surface area contributed by atoms with Crippen molar-refractivity contribution in [2.24, 2.45) is 5.92 Å². The topological polar surface area (TPSA) is 80.3 Å². The fourth-order valence-corrected chi connectivity index (χ4v) is 4.82. The van der Waals surface area contributed by atoms with Crippen LogP contribution in [0.2, 0.25) is 0 Å². The lowest BCUT2D eigenvalue weighted by atomic mass is 9.77. The van der Waals surface area contributed by atoms with Gasteiger partial charge in [-0.15, -0.1) is 0 Å². The van der Waals surface area contributed by atoms with Gasteiger partial charge in [-0.05, 0) is 42.5 Å². The molecule has 1 fully saturated rings. The second-order valence-electron chi connectivity index (χ2n) is 6.93. The van der Waals surface area contributed by atoms with Crippen LogP contribution >= 0.6 is 0 Å². The highest BCUT2D eigenvalue weighted by molar-refractivity contribution is 7.91. The van der Waals surface area contributed by atoms with Crippen molar-refractivity contribution in [2.75, 3.05) is 17.8 Å². The summed E-state index contributed by atoms with van der Waals surface area (Å²) in [4.78, 5) is 0.0176. The summed E-state index contributed by atoms with van der Waals surface area (Å²) < 4.78 is 48.2. The molecule has 1 aliphatic rings. The Bertz CT molecular complexity index is 995. The van der Waals surface area contributed by atoms with E-state index in [1.54, 1.807) is 6.07 Å². The van der Waals surface area contributed by atoms with Gasteiger partial charge in [0, 0.05) is 12.5 Å². The standard InChI is InChI=1S/C19H23NO4S2/c1-25(21,22)16-11-12-17(18(13-16)26(2,23)24)20-19(15-9-6-10-15)14-7-4-3-5-8-14/h3-5,7-8,11-13,15,19-20H,6,9-10H2,1-2H3. The van der Waals surface area contributed by atoms with Gasteiger partial charge in [0.15, 0.2) is 19.7 Å². The van der Waals surface area contributed by atoms with Crippen LogP contribution in [0.15, 0.2) is 58.3 Å². The van der Waals surface area contributed by atoms with Crippen LogP contribution in [0.4, 0.5) is 5.69 Å². The molecule has 7 heteroatoms. The van der Waals surface area contributed by atoms with E-state index in [0.29, 0.717) is 11.6 Å². The molecule has 1 saturated carbocycles. The lowest BCUT2D eigenvalue weighted by Gasteiger charge is -2.35. The quantitative estimate of drug-likeness (QED) is 0.813. The number of hydrogen-bond donors (Lipinski definition) is 1. The van der Waals surface area contributed by atoms with E-state index in [-0.39, 0.29) is 15.8 Å². The van der Waals surface area contributed by atoms with Gasteiger partial charge >= 0.3 is 0 Å². The first kappa shape index (κ1) is 18.9. The largest absolute Gasteiger partial charge is 0.377 e. The lowest BCUT2D eigenvalue weighted by Crippen LogP contribution is -2.27. The molecular weight excluding hydrogens is 370 g/mol. The summed E-state index contributed by atoms with van der Waals surface area (Å²) in [7, 11) is -7.07. The molecule has 2 aromatic carbocycles. The maximum absolute atomic E-state index is 12.3. The van der Waals surface area contributed by atoms with Crippen LogP contribution in [0.25, 0.3) is 0 Å². The third-order valence-corrected chi connectivity index (χ3v) is 7.12. The predicted molar refractivity (Wildman–Crippen MR) is 103 cm³/mol. The first-order valence-electron chi connectivity index (χ1n) is 8.52. The number of rotatable bonds is 6. The summed E-state index contributed by atoms with van der Waals surface area (Å²) in [5, 5.41) is 3.38. The molecule has 26 heavy (non-hydrogen) atoms. The van der Waals surface area contributed by atoms with E-state index in [1.807, 2.05) is 30.3 Å². The Morgan fingerprint density at radius 3 is 2.08 bits per heavy atom. The Balaban J connectivity index is 2.04. The molecule has 0 aromatic heterocycles. The van der Waals surface area contributed by atoms with Crippen LogP contribution in [0.1, 0.15) is 30.9 Å². The second kappa shape index (κ2) is 7.04.